The summed E-state index contributed by atoms with van der Waals surface area (Å²) in [5.41, 5.74) is 8.01. The van der Waals surface area contributed by atoms with Crippen LogP contribution in [0.5, 0.6) is 0 Å². The van der Waals surface area contributed by atoms with Crippen LogP contribution in [0.1, 0.15) is 32.5 Å². The second-order valence-corrected chi connectivity index (χ2v) is 6.09. The zero-order valence-corrected chi connectivity index (χ0v) is 12.5. The van der Waals surface area contributed by atoms with Crippen LogP contribution >= 0.6 is 0 Å². The quantitative estimate of drug-likeness (QED) is 0.815. The van der Waals surface area contributed by atoms with E-state index >= 15 is 0 Å². The third-order valence-electron chi connectivity index (χ3n) is 3.90. The van der Waals surface area contributed by atoms with Gasteiger partial charge in [-0.25, -0.2) is 4.98 Å². The lowest BCUT2D eigenvalue weighted by Gasteiger charge is -2.23. The number of aromatic nitrogens is 2. The smallest absolute Gasteiger partial charge is 0.109 e. The number of aryl methyl sites for hydroxylation is 1. The molecule has 0 amide bonds. The largest absolute Gasteiger partial charge is 0.395 e. The first-order valence-electron chi connectivity index (χ1n) is 7.32. The van der Waals surface area contributed by atoms with Crippen LogP contribution in [0.25, 0.3) is 11.0 Å². The minimum absolute atomic E-state index is 0.138. The van der Waals surface area contributed by atoms with Crippen LogP contribution in [0.4, 0.5) is 0 Å². The minimum atomic E-state index is 0.138. The molecule has 1 aromatic heterocycles. The average Bonchev–Trinajstić information content (AvgIpc) is 2.76. The minimum Gasteiger partial charge on any atom is -0.395 e. The molecule has 0 unspecified atom stereocenters. The SMILES string of the molecule is CC(C)(CCN)CCc1nc2ccccc2n1CCO. The molecular formula is C16H25N3O. The second-order valence-electron chi connectivity index (χ2n) is 6.09. The number of nitrogens with zero attached hydrogens (tertiary/aromatic N) is 2. The number of rotatable bonds is 7. The Balaban J connectivity index is 2.22. The summed E-state index contributed by atoms with van der Waals surface area (Å²) < 4.78 is 2.13. The molecule has 0 aliphatic heterocycles. The van der Waals surface area contributed by atoms with Gasteiger partial charge in [0.2, 0.25) is 0 Å². The van der Waals surface area contributed by atoms with Gasteiger partial charge in [-0.2, -0.15) is 0 Å². The highest BCUT2D eigenvalue weighted by atomic mass is 16.3. The summed E-state index contributed by atoms with van der Waals surface area (Å²) in [7, 11) is 0. The van der Waals surface area contributed by atoms with Gasteiger partial charge in [0.25, 0.3) is 0 Å². The van der Waals surface area contributed by atoms with Crippen molar-refractivity contribution in [1.29, 1.82) is 0 Å². The Morgan fingerprint density at radius 1 is 1.25 bits per heavy atom. The number of fused-ring (bicyclic) bond motifs is 1. The zero-order valence-electron chi connectivity index (χ0n) is 12.5. The fourth-order valence-electron chi connectivity index (χ4n) is 2.63. The number of aliphatic hydroxyl groups is 1. The Kier molecular flexibility index (Phi) is 4.78. The van der Waals surface area contributed by atoms with E-state index in [1.165, 1.54) is 0 Å². The summed E-state index contributed by atoms with van der Waals surface area (Å²) in [4.78, 5) is 4.72. The molecule has 0 fully saturated rings. The molecule has 0 saturated carbocycles. The van der Waals surface area contributed by atoms with Gasteiger partial charge < -0.3 is 15.4 Å². The first kappa shape index (κ1) is 15.0. The van der Waals surface area contributed by atoms with E-state index in [0.717, 1.165) is 42.7 Å². The van der Waals surface area contributed by atoms with E-state index in [-0.39, 0.29) is 12.0 Å². The van der Waals surface area contributed by atoms with Gasteiger partial charge in [-0.3, -0.25) is 0 Å². The molecular weight excluding hydrogens is 250 g/mol. The highest BCUT2D eigenvalue weighted by Crippen LogP contribution is 2.27. The van der Waals surface area contributed by atoms with Crippen LogP contribution in [-0.2, 0) is 13.0 Å². The fraction of sp³-hybridized carbons (Fsp3) is 0.562. The number of hydrogen-bond donors (Lipinski definition) is 2. The lowest BCUT2D eigenvalue weighted by Crippen LogP contribution is -2.19. The molecule has 0 bridgehead atoms. The number of imidazole rings is 1. The third-order valence-corrected chi connectivity index (χ3v) is 3.90. The summed E-state index contributed by atoms with van der Waals surface area (Å²) in [5, 5.41) is 9.27. The van der Waals surface area contributed by atoms with Crippen molar-refractivity contribution in [2.45, 2.75) is 39.7 Å². The average molecular weight is 275 g/mol. The van der Waals surface area contributed by atoms with E-state index in [4.69, 9.17) is 10.7 Å². The van der Waals surface area contributed by atoms with Gasteiger partial charge in [0.15, 0.2) is 0 Å². The van der Waals surface area contributed by atoms with Crippen LogP contribution in [0.15, 0.2) is 24.3 Å². The molecule has 0 saturated heterocycles. The summed E-state index contributed by atoms with van der Waals surface area (Å²) >= 11 is 0. The van der Waals surface area contributed by atoms with Crippen molar-refractivity contribution in [3.63, 3.8) is 0 Å². The van der Waals surface area contributed by atoms with E-state index in [9.17, 15) is 5.11 Å². The Morgan fingerprint density at radius 3 is 2.70 bits per heavy atom. The standard InChI is InChI=1S/C16H25N3O/c1-16(2,9-10-17)8-7-15-18-13-5-3-4-6-14(13)19(15)11-12-20/h3-6,20H,7-12,17H2,1-2H3. The van der Waals surface area contributed by atoms with Gasteiger partial charge in [0, 0.05) is 13.0 Å². The highest BCUT2D eigenvalue weighted by Gasteiger charge is 2.19. The molecule has 110 valence electrons. The molecule has 2 aromatic rings. The monoisotopic (exact) mass is 275 g/mol. The molecule has 4 nitrogen and oxygen atoms in total. The van der Waals surface area contributed by atoms with E-state index in [2.05, 4.69) is 24.5 Å². The predicted molar refractivity (Wildman–Crippen MR) is 82.6 cm³/mol. The summed E-state index contributed by atoms with van der Waals surface area (Å²) in [5.74, 6) is 1.06. The van der Waals surface area contributed by atoms with Crippen molar-refractivity contribution in [3.8, 4) is 0 Å². The Labute approximate surface area is 120 Å². The van der Waals surface area contributed by atoms with Crippen molar-refractivity contribution in [3.05, 3.63) is 30.1 Å². The Bertz CT molecular complexity index is 560. The molecule has 0 spiro atoms. The third kappa shape index (κ3) is 3.38. The molecule has 1 aromatic carbocycles. The maximum atomic E-state index is 9.27. The molecule has 2 rings (SSSR count). The van der Waals surface area contributed by atoms with Gasteiger partial charge in [-0.1, -0.05) is 26.0 Å². The summed E-state index contributed by atoms with van der Waals surface area (Å²) in [6.45, 7) is 5.96. The van der Waals surface area contributed by atoms with Crippen molar-refractivity contribution in [2.24, 2.45) is 11.1 Å². The highest BCUT2D eigenvalue weighted by molar-refractivity contribution is 5.75. The molecule has 1 heterocycles. The van der Waals surface area contributed by atoms with Crippen LogP contribution < -0.4 is 5.73 Å². The number of benzene rings is 1. The first-order chi connectivity index (χ1) is 9.57. The van der Waals surface area contributed by atoms with Crippen LogP contribution in [-0.4, -0.2) is 27.8 Å². The van der Waals surface area contributed by atoms with Crippen molar-refractivity contribution in [2.75, 3.05) is 13.2 Å². The predicted octanol–water partition coefficient (Wildman–Crippen LogP) is 2.34. The number of hydrogen-bond acceptors (Lipinski definition) is 3. The maximum Gasteiger partial charge on any atom is 0.109 e. The van der Waals surface area contributed by atoms with Crippen LogP contribution in [0.2, 0.25) is 0 Å². The van der Waals surface area contributed by atoms with Crippen LogP contribution in [0.3, 0.4) is 0 Å². The molecule has 20 heavy (non-hydrogen) atoms. The van der Waals surface area contributed by atoms with E-state index in [1.54, 1.807) is 0 Å². The summed E-state index contributed by atoms with van der Waals surface area (Å²) in [6, 6.07) is 8.10. The fourth-order valence-corrected chi connectivity index (χ4v) is 2.63. The van der Waals surface area contributed by atoms with Crippen LogP contribution in [0, 0.1) is 5.41 Å². The number of aliphatic hydroxyl groups excluding tert-OH is 1. The Hall–Kier alpha value is -1.39. The molecule has 3 N–H and O–H groups in total. The second kappa shape index (κ2) is 6.37. The van der Waals surface area contributed by atoms with Gasteiger partial charge in [-0.15, -0.1) is 0 Å². The molecule has 0 aliphatic carbocycles. The van der Waals surface area contributed by atoms with Gasteiger partial charge >= 0.3 is 0 Å². The number of para-hydroxylation sites is 2. The lowest BCUT2D eigenvalue weighted by atomic mass is 9.84. The lowest BCUT2D eigenvalue weighted by molar-refractivity contribution is 0.273. The normalized spacial score (nSPS) is 12.2. The van der Waals surface area contributed by atoms with E-state index in [1.807, 2.05) is 18.2 Å². The first-order valence-corrected chi connectivity index (χ1v) is 7.32. The Morgan fingerprint density at radius 2 is 2.00 bits per heavy atom. The van der Waals surface area contributed by atoms with Gasteiger partial charge in [0.05, 0.1) is 17.6 Å². The zero-order chi connectivity index (χ0) is 14.6. The van der Waals surface area contributed by atoms with Gasteiger partial charge in [0.1, 0.15) is 5.82 Å². The van der Waals surface area contributed by atoms with E-state index < -0.39 is 0 Å². The molecule has 0 aliphatic rings. The van der Waals surface area contributed by atoms with Crippen molar-refractivity contribution in [1.82, 2.24) is 9.55 Å². The molecule has 0 radical (unpaired) electrons. The molecule has 4 heteroatoms. The van der Waals surface area contributed by atoms with Crippen molar-refractivity contribution >= 4 is 11.0 Å². The van der Waals surface area contributed by atoms with Gasteiger partial charge in [-0.05, 0) is 36.9 Å². The number of nitrogens with two attached hydrogens (primary N) is 1. The summed E-state index contributed by atoms with van der Waals surface area (Å²) in [6.07, 6.45) is 2.99. The maximum absolute atomic E-state index is 9.27. The topological polar surface area (TPSA) is 64.1 Å². The van der Waals surface area contributed by atoms with Crippen molar-refractivity contribution < 1.29 is 5.11 Å². The molecule has 0 atom stereocenters. The van der Waals surface area contributed by atoms with E-state index in [0.29, 0.717) is 6.54 Å².